The minimum atomic E-state index is -1.22. The highest BCUT2D eigenvalue weighted by Gasteiger charge is 2.38. The summed E-state index contributed by atoms with van der Waals surface area (Å²) in [6.07, 6.45) is 19.6. The number of unbranched alkanes of at least 4 members (excludes halogenated alkanes) is 15. The number of hydrogen-bond acceptors (Lipinski definition) is 9. The predicted octanol–water partition coefficient (Wildman–Crippen LogP) is 4.98. The van der Waals surface area contributed by atoms with Gasteiger partial charge in [0.1, 0.15) is 6.04 Å². The molecule has 0 aliphatic carbocycles. The van der Waals surface area contributed by atoms with Gasteiger partial charge in [-0.15, -0.1) is 0 Å². The molecule has 0 saturated heterocycles. The quantitative estimate of drug-likeness (QED) is 0.0514. The number of amides is 2. The summed E-state index contributed by atoms with van der Waals surface area (Å²) in [5.41, 5.74) is 22.9. The van der Waals surface area contributed by atoms with Crippen LogP contribution in [0.15, 0.2) is 0 Å². The molecule has 0 aromatic heterocycles. The molecule has 0 aromatic rings. The molecule has 0 fully saturated rings. The van der Waals surface area contributed by atoms with Gasteiger partial charge < -0.3 is 27.7 Å². The molecule has 10 heteroatoms. The molecule has 10 nitrogen and oxygen atoms in total. The lowest BCUT2D eigenvalue weighted by molar-refractivity contribution is -0.169. The first-order valence-corrected chi connectivity index (χ1v) is 17.3. The maximum atomic E-state index is 13.4. The van der Waals surface area contributed by atoms with Gasteiger partial charge in [-0.25, -0.2) is 4.79 Å². The van der Waals surface area contributed by atoms with Crippen LogP contribution in [0.1, 0.15) is 155 Å². The highest BCUT2D eigenvalue weighted by atomic mass is 16.6. The molecule has 0 bridgehead atoms. The molecule has 0 aromatic carbocycles. The fourth-order valence-corrected chi connectivity index (χ4v) is 5.15. The second kappa shape index (κ2) is 28.9. The van der Waals surface area contributed by atoms with Crippen LogP contribution in [0, 0.1) is 0 Å². The van der Waals surface area contributed by atoms with Crippen molar-refractivity contribution in [2.75, 3.05) is 19.6 Å². The fraction of sp³-hybridized carbons (Fsp3) is 0.879. The van der Waals surface area contributed by atoms with E-state index >= 15 is 0 Å². The second-order valence-electron chi connectivity index (χ2n) is 11.8. The van der Waals surface area contributed by atoms with Crippen LogP contribution in [0.4, 0.5) is 0 Å². The average molecular weight is 612 g/mol. The van der Waals surface area contributed by atoms with Crippen LogP contribution in [-0.2, 0) is 23.9 Å². The van der Waals surface area contributed by atoms with Gasteiger partial charge in [0.2, 0.25) is 11.8 Å². The third-order valence-corrected chi connectivity index (χ3v) is 7.85. The van der Waals surface area contributed by atoms with E-state index in [-0.39, 0.29) is 19.3 Å². The van der Waals surface area contributed by atoms with Crippen LogP contribution in [0.3, 0.4) is 0 Å². The Labute approximate surface area is 261 Å². The maximum Gasteiger partial charge on any atom is 0.336 e. The lowest BCUT2D eigenvalue weighted by atomic mass is 10.0. The summed E-state index contributed by atoms with van der Waals surface area (Å²) < 4.78 is 5.20. The Kier molecular flexibility index (Phi) is 27.6. The highest BCUT2D eigenvalue weighted by molar-refractivity contribution is 6.02. The number of ether oxygens (including phenoxy) is 1. The molecule has 0 radical (unpaired) electrons. The van der Waals surface area contributed by atoms with Crippen LogP contribution in [0.25, 0.3) is 0 Å². The van der Waals surface area contributed by atoms with E-state index in [2.05, 4.69) is 6.92 Å². The minimum Gasteiger partial charge on any atom is -0.392 e. The largest absolute Gasteiger partial charge is 0.392 e. The molecule has 0 aliphatic rings. The zero-order valence-electron chi connectivity index (χ0n) is 27.3. The number of nitrogens with zero attached hydrogens (tertiary/aromatic N) is 1. The van der Waals surface area contributed by atoms with Crippen molar-refractivity contribution in [3.8, 4) is 0 Å². The van der Waals surface area contributed by atoms with E-state index in [4.69, 9.17) is 27.7 Å². The van der Waals surface area contributed by atoms with Crippen LogP contribution in [-0.4, -0.2) is 60.4 Å². The first-order valence-electron chi connectivity index (χ1n) is 17.3. The van der Waals surface area contributed by atoms with Gasteiger partial charge in [-0.05, 0) is 71.0 Å². The number of hydrogen-bond donors (Lipinski definition) is 4. The van der Waals surface area contributed by atoms with E-state index in [0.717, 1.165) is 24.2 Å². The van der Waals surface area contributed by atoms with E-state index in [0.29, 0.717) is 71.0 Å². The maximum absolute atomic E-state index is 13.4. The normalized spacial score (nSPS) is 12.6. The molecule has 0 saturated carbocycles. The number of imide groups is 1. The second-order valence-corrected chi connectivity index (χ2v) is 11.8. The summed E-state index contributed by atoms with van der Waals surface area (Å²) in [6, 6.07) is -2.18. The number of esters is 2. The monoisotopic (exact) mass is 611 g/mol. The van der Waals surface area contributed by atoms with Gasteiger partial charge in [0.15, 0.2) is 0 Å². The van der Waals surface area contributed by atoms with E-state index in [1.165, 1.54) is 57.8 Å². The Morgan fingerprint density at radius 3 is 1.53 bits per heavy atom. The number of nitrogens with two attached hydrogens (primary N) is 4. The van der Waals surface area contributed by atoms with E-state index in [9.17, 15) is 19.2 Å². The third-order valence-electron chi connectivity index (χ3n) is 7.85. The van der Waals surface area contributed by atoms with E-state index < -0.39 is 35.8 Å². The van der Waals surface area contributed by atoms with Crippen molar-refractivity contribution in [1.82, 2.24) is 4.90 Å². The third kappa shape index (κ3) is 21.5. The topological polar surface area (TPSA) is 185 Å². The summed E-state index contributed by atoms with van der Waals surface area (Å²) in [5.74, 6) is -2.65. The van der Waals surface area contributed by atoms with E-state index in [1.54, 1.807) is 0 Å². The van der Waals surface area contributed by atoms with Crippen molar-refractivity contribution in [1.29, 1.82) is 0 Å². The summed E-state index contributed by atoms with van der Waals surface area (Å²) in [6.45, 7) is 3.52. The minimum absolute atomic E-state index is 0.0477. The lowest BCUT2D eigenvalue weighted by Crippen LogP contribution is -2.54. The summed E-state index contributed by atoms with van der Waals surface area (Å²) in [5, 5.41) is 0. The molecule has 0 unspecified atom stereocenters. The zero-order chi connectivity index (χ0) is 32.1. The molecular weight excluding hydrogens is 546 g/mol. The molecule has 43 heavy (non-hydrogen) atoms. The zero-order valence-corrected chi connectivity index (χ0v) is 27.3. The Balaban J connectivity index is 4.93. The van der Waals surface area contributed by atoms with Gasteiger partial charge >= 0.3 is 11.9 Å². The van der Waals surface area contributed by atoms with Gasteiger partial charge in [0.25, 0.3) is 0 Å². The van der Waals surface area contributed by atoms with Gasteiger partial charge in [0.05, 0.1) is 6.04 Å². The standard InChI is InChI=1S/C33H65N5O5/c1-2-3-4-5-6-7-8-9-10-11-12-13-14-24-31(40)43-33(42)29(22-16-19-26-35)38(30(39)23-17-20-27-36)32(41)28(37)21-15-18-25-34/h28-29H,2-27,34-37H2,1H3/t28-,29-/m0/s1. The van der Waals surface area contributed by atoms with Crippen molar-refractivity contribution >= 4 is 23.8 Å². The smallest absolute Gasteiger partial charge is 0.336 e. The number of rotatable bonds is 29. The SMILES string of the molecule is CCCCCCCCCCCCCCCC(=O)OC(=O)[C@H](CCCCN)N(C(=O)CCCCN)C(=O)[C@@H](N)CCCCN. The number of carbonyl (C=O) groups excluding carboxylic acids is 4. The van der Waals surface area contributed by atoms with Crippen molar-refractivity contribution < 1.29 is 23.9 Å². The predicted molar refractivity (Wildman–Crippen MR) is 174 cm³/mol. The van der Waals surface area contributed by atoms with Crippen molar-refractivity contribution in [3.05, 3.63) is 0 Å². The Hall–Kier alpha value is -1.88. The first-order chi connectivity index (χ1) is 20.8. The molecule has 0 rings (SSSR count). The van der Waals surface area contributed by atoms with Gasteiger partial charge in [-0.3, -0.25) is 19.3 Å². The molecule has 0 aliphatic heterocycles. The number of carbonyl (C=O) groups is 4. The average Bonchev–Trinajstić information content (AvgIpc) is 2.99. The van der Waals surface area contributed by atoms with Crippen LogP contribution >= 0.6 is 0 Å². The molecular formula is C33H65N5O5. The Bertz CT molecular complexity index is 736. The summed E-state index contributed by atoms with van der Waals surface area (Å²) >= 11 is 0. The van der Waals surface area contributed by atoms with Crippen molar-refractivity contribution in [3.63, 3.8) is 0 Å². The molecule has 252 valence electrons. The lowest BCUT2D eigenvalue weighted by Gasteiger charge is -2.30. The van der Waals surface area contributed by atoms with Gasteiger partial charge in [-0.2, -0.15) is 0 Å². The molecule has 2 amide bonds. The molecule has 2 atom stereocenters. The van der Waals surface area contributed by atoms with E-state index in [1.807, 2.05) is 0 Å². The Morgan fingerprint density at radius 2 is 1.02 bits per heavy atom. The summed E-state index contributed by atoms with van der Waals surface area (Å²) in [7, 11) is 0. The van der Waals surface area contributed by atoms with Crippen molar-refractivity contribution in [2.24, 2.45) is 22.9 Å². The first kappa shape index (κ1) is 41.1. The van der Waals surface area contributed by atoms with Gasteiger partial charge in [-0.1, -0.05) is 90.4 Å². The van der Waals surface area contributed by atoms with Crippen LogP contribution in [0.5, 0.6) is 0 Å². The highest BCUT2D eigenvalue weighted by Crippen LogP contribution is 2.18. The van der Waals surface area contributed by atoms with Crippen LogP contribution < -0.4 is 22.9 Å². The molecule has 0 heterocycles. The fourth-order valence-electron chi connectivity index (χ4n) is 5.15. The summed E-state index contributed by atoms with van der Waals surface area (Å²) in [4.78, 5) is 53.4. The Morgan fingerprint density at radius 1 is 0.581 bits per heavy atom. The van der Waals surface area contributed by atoms with Crippen molar-refractivity contribution in [2.45, 2.75) is 167 Å². The van der Waals surface area contributed by atoms with Gasteiger partial charge in [0, 0.05) is 12.8 Å². The molecule has 8 N–H and O–H groups in total. The molecule has 0 spiro atoms. The van der Waals surface area contributed by atoms with Crippen LogP contribution in [0.2, 0.25) is 0 Å².